The molecular formula is C28H36N4OS. The number of amides is 2. The zero-order valence-electron chi connectivity index (χ0n) is 20.8. The Bertz CT molecular complexity index is 1160. The Morgan fingerprint density at radius 1 is 1.12 bits per heavy atom. The number of aromatic nitrogens is 1. The van der Waals surface area contributed by atoms with Crippen LogP contribution in [-0.2, 0) is 19.4 Å². The molecule has 180 valence electrons. The van der Waals surface area contributed by atoms with Gasteiger partial charge in [-0.2, -0.15) is 0 Å². The Hall–Kier alpha value is -2.73. The van der Waals surface area contributed by atoms with Crippen LogP contribution in [0.4, 0.5) is 10.5 Å². The third kappa shape index (κ3) is 4.24. The lowest BCUT2D eigenvalue weighted by atomic mass is 9.95. The van der Waals surface area contributed by atoms with E-state index in [4.69, 9.17) is 0 Å². The quantitative estimate of drug-likeness (QED) is 0.480. The van der Waals surface area contributed by atoms with Crippen molar-refractivity contribution in [3.8, 4) is 5.00 Å². The summed E-state index contributed by atoms with van der Waals surface area (Å²) in [6.07, 6.45) is 7.97. The fourth-order valence-electron chi connectivity index (χ4n) is 5.26. The van der Waals surface area contributed by atoms with Gasteiger partial charge in [0.2, 0.25) is 0 Å². The average molecular weight is 477 g/mol. The molecule has 2 aliphatic rings. The van der Waals surface area contributed by atoms with Crippen molar-refractivity contribution < 1.29 is 4.79 Å². The number of fused-ring (bicyclic) bond motifs is 5. The molecule has 3 heterocycles. The van der Waals surface area contributed by atoms with Gasteiger partial charge in [-0.15, -0.1) is 11.3 Å². The first-order chi connectivity index (χ1) is 16.4. The van der Waals surface area contributed by atoms with Gasteiger partial charge in [-0.05, 0) is 73.4 Å². The monoisotopic (exact) mass is 476 g/mol. The largest absolute Gasteiger partial charge is 0.378 e. The van der Waals surface area contributed by atoms with Crippen LogP contribution in [0.3, 0.4) is 0 Å². The molecule has 1 aliphatic heterocycles. The molecule has 0 fully saturated rings. The highest BCUT2D eigenvalue weighted by molar-refractivity contribution is 7.15. The fourth-order valence-corrected chi connectivity index (χ4v) is 6.67. The minimum atomic E-state index is -0.135. The van der Waals surface area contributed by atoms with Crippen molar-refractivity contribution in [1.29, 1.82) is 0 Å². The number of benzene rings is 1. The number of carbonyl (C=O) groups excluding carboxylic acids is 1. The minimum absolute atomic E-state index is 0.0266. The number of thiophene rings is 1. The Balaban J connectivity index is 1.60. The van der Waals surface area contributed by atoms with E-state index < -0.39 is 0 Å². The molecule has 0 saturated carbocycles. The van der Waals surface area contributed by atoms with Gasteiger partial charge in [0.25, 0.3) is 0 Å². The predicted molar refractivity (Wildman–Crippen MR) is 141 cm³/mol. The predicted octanol–water partition coefficient (Wildman–Crippen LogP) is 6.14. The molecular weight excluding hydrogens is 440 g/mol. The van der Waals surface area contributed by atoms with Crippen LogP contribution in [0.5, 0.6) is 0 Å². The van der Waals surface area contributed by atoms with Crippen LogP contribution >= 0.6 is 11.3 Å². The molecule has 6 heteroatoms. The van der Waals surface area contributed by atoms with Crippen LogP contribution in [0.25, 0.3) is 5.00 Å². The standard InChI is InChI=1S/C28H36N4OS/c1-19(2)15-16-29-28(33)32-18-23-22-8-5-6-10-25(22)34-27(23)31-17-7-9-24(31)26(32)20-11-13-21(14-12-20)30(3)4/h7,9,11-14,17,19,26H,5-6,8,10,15-16,18H2,1-4H3,(H,29,33)/t26-/m0/s1. The molecule has 1 aromatic carbocycles. The van der Waals surface area contributed by atoms with Crippen molar-refractivity contribution in [3.63, 3.8) is 0 Å². The summed E-state index contributed by atoms with van der Waals surface area (Å²) < 4.78 is 2.35. The zero-order chi connectivity index (χ0) is 23.8. The minimum Gasteiger partial charge on any atom is -0.378 e. The van der Waals surface area contributed by atoms with Crippen LogP contribution < -0.4 is 10.2 Å². The van der Waals surface area contributed by atoms with Crippen molar-refractivity contribution in [2.24, 2.45) is 5.92 Å². The summed E-state index contributed by atoms with van der Waals surface area (Å²) in [6.45, 7) is 5.75. The maximum Gasteiger partial charge on any atom is 0.318 e. The number of rotatable bonds is 5. The summed E-state index contributed by atoms with van der Waals surface area (Å²) in [5.74, 6) is 0.562. The molecule has 3 aromatic rings. The third-order valence-electron chi connectivity index (χ3n) is 7.16. The molecule has 0 spiro atoms. The van der Waals surface area contributed by atoms with Gasteiger partial charge in [-0.1, -0.05) is 26.0 Å². The number of nitrogens with one attached hydrogen (secondary N) is 1. The molecule has 0 saturated heterocycles. The van der Waals surface area contributed by atoms with Crippen molar-refractivity contribution in [2.45, 2.75) is 58.5 Å². The van der Waals surface area contributed by atoms with Crippen LogP contribution in [0.15, 0.2) is 42.6 Å². The topological polar surface area (TPSA) is 40.5 Å². The van der Waals surface area contributed by atoms with E-state index in [1.165, 1.54) is 40.3 Å². The van der Waals surface area contributed by atoms with E-state index in [1.807, 2.05) is 11.3 Å². The molecule has 5 rings (SSSR count). The lowest BCUT2D eigenvalue weighted by Crippen LogP contribution is -2.42. The molecule has 34 heavy (non-hydrogen) atoms. The molecule has 1 atom stereocenters. The van der Waals surface area contributed by atoms with Gasteiger partial charge in [-0.25, -0.2) is 4.79 Å². The van der Waals surface area contributed by atoms with E-state index in [0.29, 0.717) is 19.0 Å². The van der Waals surface area contributed by atoms with E-state index in [1.54, 1.807) is 0 Å². The van der Waals surface area contributed by atoms with Gasteiger partial charge >= 0.3 is 6.03 Å². The van der Waals surface area contributed by atoms with Crippen LogP contribution in [0.1, 0.15) is 66.4 Å². The van der Waals surface area contributed by atoms with E-state index in [2.05, 4.69) is 90.2 Å². The van der Waals surface area contributed by atoms with Crippen molar-refractivity contribution >= 4 is 23.1 Å². The van der Waals surface area contributed by atoms with Gasteiger partial charge < -0.3 is 19.7 Å². The second-order valence-corrected chi connectivity index (χ2v) is 11.3. The van der Waals surface area contributed by atoms with Crippen LogP contribution in [-0.4, -0.2) is 36.1 Å². The van der Waals surface area contributed by atoms with E-state index in [9.17, 15) is 4.79 Å². The lowest BCUT2D eigenvalue weighted by molar-refractivity contribution is 0.180. The first kappa shape index (κ1) is 23.0. The van der Waals surface area contributed by atoms with Gasteiger partial charge in [0.05, 0.1) is 18.3 Å². The lowest BCUT2D eigenvalue weighted by Gasteiger charge is -2.32. The summed E-state index contributed by atoms with van der Waals surface area (Å²) in [7, 11) is 4.11. The number of anilines is 1. The Labute approximate surface area is 207 Å². The van der Waals surface area contributed by atoms with E-state index >= 15 is 0 Å². The number of hydrogen-bond donors (Lipinski definition) is 1. The molecule has 0 radical (unpaired) electrons. The molecule has 5 nitrogen and oxygen atoms in total. The van der Waals surface area contributed by atoms with Gasteiger partial charge in [0.1, 0.15) is 5.00 Å². The maximum absolute atomic E-state index is 13.7. The summed E-state index contributed by atoms with van der Waals surface area (Å²) in [4.78, 5) is 19.4. The van der Waals surface area contributed by atoms with Gasteiger partial charge in [0.15, 0.2) is 0 Å². The molecule has 1 aliphatic carbocycles. The molecule has 0 unspecified atom stereocenters. The number of carbonyl (C=O) groups is 1. The highest BCUT2D eigenvalue weighted by atomic mass is 32.1. The highest BCUT2D eigenvalue weighted by Gasteiger charge is 2.36. The van der Waals surface area contributed by atoms with Crippen molar-refractivity contribution in [2.75, 3.05) is 25.5 Å². The maximum atomic E-state index is 13.7. The summed E-state index contributed by atoms with van der Waals surface area (Å²) in [5, 5.41) is 4.54. The molecule has 0 bridgehead atoms. The Morgan fingerprint density at radius 3 is 2.62 bits per heavy atom. The second kappa shape index (κ2) is 9.49. The van der Waals surface area contributed by atoms with Gasteiger partial charge in [-0.3, -0.25) is 0 Å². The fraction of sp³-hybridized carbons (Fsp3) is 0.464. The van der Waals surface area contributed by atoms with Crippen LogP contribution in [0.2, 0.25) is 0 Å². The number of nitrogens with zero attached hydrogens (tertiary/aromatic N) is 3. The molecule has 1 N–H and O–H groups in total. The Morgan fingerprint density at radius 2 is 1.88 bits per heavy atom. The highest BCUT2D eigenvalue weighted by Crippen LogP contribution is 2.44. The zero-order valence-corrected chi connectivity index (χ0v) is 21.6. The summed E-state index contributed by atoms with van der Waals surface area (Å²) in [6, 6.07) is 12.9. The smallest absolute Gasteiger partial charge is 0.318 e. The molecule has 2 amide bonds. The number of aryl methyl sites for hydroxylation is 1. The summed E-state index contributed by atoms with van der Waals surface area (Å²) in [5.41, 5.74) is 6.31. The normalized spacial score (nSPS) is 17.1. The van der Waals surface area contributed by atoms with Crippen molar-refractivity contribution in [1.82, 2.24) is 14.8 Å². The SMILES string of the molecule is CC(C)CCNC(=O)N1Cc2c(sc3c2CCCC3)-n2cccc2[C@@H]1c1ccc(N(C)C)cc1. The van der Waals surface area contributed by atoms with E-state index in [0.717, 1.165) is 29.8 Å². The first-order valence-corrected chi connectivity index (χ1v) is 13.4. The first-order valence-electron chi connectivity index (χ1n) is 12.6. The van der Waals surface area contributed by atoms with Crippen molar-refractivity contribution in [3.05, 3.63) is 69.9 Å². The second-order valence-electron chi connectivity index (χ2n) is 10.2. The van der Waals surface area contributed by atoms with Crippen LogP contribution in [0, 0.1) is 5.92 Å². The number of urea groups is 1. The summed E-state index contributed by atoms with van der Waals surface area (Å²) >= 11 is 1.94. The van der Waals surface area contributed by atoms with E-state index in [-0.39, 0.29) is 12.1 Å². The molecule has 2 aromatic heterocycles. The Kier molecular flexibility index (Phi) is 6.43. The third-order valence-corrected chi connectivity index (χ3v) is 8.50. The van der Waals surface area contributed by atoms with Gasteiger partial charge in [0, 0.05) is 43.0 Å². The number of hydrogen-bond acceptors (Lipinski definition) is 3. The average Bonchev–Trinajstić information content (AvgIpc) is 3.41.